The van der Waals surface area contributed by atoms with Gasteiger partial charge in [-0.2, -0.15) is 5.10 Å². The number of nitrogens with zero attached hydrogens (tertiary/aromatic N) is 1. The van der Waals surface area contributed by atoms with E-state index in [2.05, 4.69) is 22.7 Å². The fourth-order valence-corrected chi connectivity index (χ4v) is 1.63. The largest absolute Gasteiger partial charge is 0.493 e. The fraction of sp³-hybridized carbons (Fsp3) is 0.333. The second-order valence-corrected chi connectivity index (χ2v) is 4.80. The molecule has 5 nitrogen and oxygen atoms in total. The molecule has 0 saturated carbocycles. The van der Waals surface area contributed by atoms with E-state index in [0.29, 0.717) is 22.1 Å². The van der Waals surface area contributed by atoms with Crippen LogP contribution in [0.1, 0.15) is 19.4 Å². The summed E-state index contributed by atoms with van der Waals surface area (Å²) in [6, 6.07) is 3.39. The lowest BCUT2D eigenvalue weighted by molar-refractivity contribution is 0.230. The first kappa shape index (κ1) is 15.5. The van der Waals surface area contributed by atoms with Crippen LogP contribution < -0.4 is 20.6 Å². The molecule has 104 valence electrons. The molecule has 0 heterocycles. The van der Waals surface area contributed by atoms with Gasteiger partial charge in [-0.15, -0.1) is 0 Å². The Hall–Kier alpha value is -1.53. The van der Waals surface area contributed by atoms with Crippen LogP contribution >= 0.6 is 23.8 Å². The van der Waals surface area contributed by atoms with E-state index in [1.165, 1.54) is 6.21 Å². The summed E-state index contributed by atoms with van der Waals surface area (Å²) < 4.78 is 11.0. The van der Waals surface area contributed by atoms with Crippen molar-refractivity contribution in [1.29, 1.82) is 0 Å². The van der Waals surface area contributed by atoms with Crippen molar-refractivity contribution in [3.8, 4) is 11.5 Å². The van der Waals surface area contributed by atoms with Gasteiger partial charge in [0.25, 0.3) is 0 Å². The standard InChI is InChI=1S/C12H16ClN3O2S/c1-7(2)18-11-8(6-15-16-12(14)19)4-9(13)5-10(11)17-3/h4-7H,1-3H3,(H3,14,16,19). The third kappa shape index (κ3) is 4.92. The molecule has 3 N–H and O–H groups in total. The third-order valence-electron chi connectivity index (χ3n) is 2.00. The van der Waals surface area contributed by atoms with Crippen molar-refractivity contribution in [2.75, 3.05) is 7.11 Å². The first-order valence-electron chi connectivity index (χ1n) is 5.56. The normalized spacial score (nSPS) is 10.8. The zero-order chi connectivity index (χ0) is 14.4. The van der Waals surface area contributed by atoms with Gasteiger partial charge in [-0.05, 0) is 32.1 Å². The summed E-state index contributed by atoms with van der Waals surface area (Å²) >= 11 is 10.7. The van der Waals surface area contributed by atoms with E-state index in [-0.39, 0.29) is 11.2 Å². The summed E-state index contributed by atoms with van der Waals surface area (Å²) in [5.41, 5.74) is 8.42. The Morgan fingerprint density at radius 3 is 2.74 bits per heavy atom. The first-order chi connectivity index (χ1) is 8.93. The summed E-state index contributed by atoms with van der Waals surface area (Å²) in [5, 5.41) is 4.49. The highest BCUT2D eigenvalue weighted by atomic mass is 35.5. The molecule has 0 unspecified atom stereocenters. The van der Waals surface area contributed by atoms with Gasteiger partial charge in [0.1, 0.15) is 0 Å². The van der Waals surface area contributed by atoms with Gasteiger partial charge in [0.15, 0.2) is 16.6 Å². The van der Waals surface area contributed by atoms with Crippen molar-refractivity contribution in [2.45, 2.75) is 20.0 Å². The Morgan fingerprint density at radius 2 is 2.21 bits per heavy atom. The number of methoxy groups -OCH3 is 1. The van der Waals surface area contributed by atoms with Crippen LogP contribution in [0.5, 0.6) is 11.5 Å². The molecule has 0 aromatic heterocycles. The maximum Gasteiger partial charge on any atom is 0.184 e. The van der Waals surface area contributed by atoms with Gasteiger partial charge in [-0.25, -0.2) is 0 Å². The highest BCUT2D eigenvalue weighted by molar-refractivity contribution is 7.80. The van der Waals surface area contributed by atoms with Crippen LogP contribution in [0.4, 0.5) is 0 Å². The quantitative estimate of drug-likeness (QED) is 0.496. The fourth-order valence-electron chi connectivity index (χ4n) is 1.36. The number of benzene rings is 1. The topological polar surface area (TPSA) is 68.9 Å². The molecular formula is C12H16ClN3O2S. The molecule has 0 amide bonds. The molecule has 0 spiro atoms. The van der Waals surface area contributed by atoms with Crippen molar-refractivity contribution in [3.05, 3.63) is 22.7 Å². The number of halogens is 1. The second kappa shape index (κ2) is 7.16. The van der Waals surface area contributed by atoms with E-state index in [4.69, 9.17) is 26.8 Å². The summed E-state index contributed by atoms with van der Waals surface area (Å²) in [6.07, 6.45) is 1.51. The predicted octanol–water partition coefficient (Wildman–Crippen LogP) is 2.30. The average molecular weight is 302 g/mol. The summed E-state index contributed by atoms with van der Waals surface area (Å²) in [4.78, 5) is 0. The van der Waals surface area contributed by atoms with Gasteiger partial charge >= 0.3 is 0 Å². The van der Waals surface area contributed by atoms with Crippen LogP contribution in [-0.4, -0.2) is 24.5 Å². The van der Waals surface area contributed by atoms with E-state index in [9.17, 15) is 0 Å². The summed E-state index contributed by atoms with van der Waals surface area (Å²) in [5.74, 6) is 1.10. The van der Waals surface area contributed by atoms with Crippen LogP contribution in [0.25, 0.3) is 0 Å². The number of nitrogens with one attached hydrogen (secondary N) is 1. The minimum absolute atomic E-state index is 0.00855. The number of rotatable bonds is 5. The lowest BCUT2D eigenvalue weighted by Crippen LogP contribution is -2.24. The monoisotopic (exact) mass is 301 g/mol. The molecule has 7 heteroatoms. The van der Waals surface area contributed by atoms with Gasteiger partial charge in [0, 0.05) is 16.7 Å². The maximum atomic E-state index is 6.01. The molecule has 0 aliphatic rings. The van der Waals surface area contributed by atoms with E-state index in [0.717, 1.165) is 0 Å². The molecule has 0 fully saturated rings. The van der Waals surface area contributed by atoms with E-state index >= 15 is 0 Å². The molecule has 1 aromatic rings. The van der Waals surface area contributed by atoms with Crippen molar-refractivity contribution >= 4 is 35.1 Å². The highest BCUT2D eigenvalue weighted by Gasteiger charge is 2.13. The third-order valence-corrected chi connectivity index (χ3v) is 2.31. The average Bonchev–Trinajstić information content (AvgIpc) is 2.31. The lowest BCUT2D eigenvalue weighted by atomic mass is 10.2. The summed E-state index contributed by atoms with van der Waals surface area (Å²) in [6.45, 7) is 3.84. The zero-order valence-electron chi connectivity index (χ0n) is 10.9. The smallest absolute Gasteiger partial charge is 0.184 e. The molecule has 0 atom stereocenters. The Labute approximate surface area is 122 Å². The number of hydrogen-bond acceptors (Lipinski definition) is 4. The molecule has 1 rings (SSSR count). The van der Waals surface area contributed by atoms with Crippen LogP contribution in [0.2, 0.25) is 5.02 Å². The number of hydrazone groups is 1. The zero-order valence-corrected chi connectivity index (χ0v) is 12.5. The minimum atomic E-state index is -0.00855. The Bertz CT molecular complexity index is 492. The van der Waals surface area contributed by atoms with Crippen molar-refractivity contribution in [2.24, 2.45) is 10.8 Å². The van der Waals surface area contributed by atoms with Crippen LogP contribution in [0.15, 0.2) is 17.2 Å². The molecule has 0 radical (unpaired) electrons. The van der Waals surface area contributed by atoms with Crippen molar-refractivity contribution < 1.29 is 9.47 Å². The Kier molecular flexibility index (Phi) is 5.85. The van der Waals surface area contributed by atoms with Crippen LogP contribution in [-0.2, 0) is 0 Å². The van der Waals surface area contributed by atoms with Crippen molar-refractivity contribution in [1.82, 2.24) is 5.43 Å². The molecule has 0 saturated heterocycles. The van der Waals surface area contributed by atoms with Gasteiger partial charge < -0.3 is 15.2 Å². The number of nitrogens with two attached hydrogens (primary N) is 1. The highest BCUT2D eigenvalue weighted by Crippen LogP contribution is 2.34. The Morgan fingerprint density at radius 1 is 1.53 bits per heavy atom. The number of ether oxygens (including phenoxy) is 2. The van der Waals surface area contributed by atoms with Crippen LogP contribution in [0.3, 0.4) is 0 Å². The predicted molar refractivity (Wildman–Crippen MR) is 81.3 cm³/mol. The number of thiocarbonyl (C=S) groups is 1. The molecular weight excluding hydrogens is 286 g/mol. The second-order valence-electron chi connectivity index (χ2n) is 3.93. The molecule has 0 aliphatic heterocycles. The SMILES string of the molecule is COc1cc(Cl)cc(C=NNC(N)=S)c1OC(C)C. The molecule has 0 aliphatic carbocycles. The number of hydrogen-bond donors (Lipinski definition) is 2. The molecule has 1 aromatic carbocycles. The van der Waals surface area contributed by atoms with E-state index < -0.39 is 0 Å². The van der Waals surface area contributed by atoms with Gasteiger partial charge in [0.05, 0.1) is 19.4 Å². The summed E-state index contributed by atoms with van der Waals surface area (Å²) in [7, 11) is 1.55. The van der Waals surface area contributed by atoms with Crippen LogP contribution in [0, 0.1) is 0 Å². The lowest BCUT2D eigenvalue weighted by Gasteiger charge is -2.16. The first-order valence-corrected chi connectivity index (χ1v) is 6.35. The Balaban J connectivity index is 3.15. The van der Waals surface area contributed by atoms with Gasteiger partial charge in [-0.1, -0.05) is 11.6 Å². The minimum Gasteiger partial charge on any atom is -0.493 e. The molecule has 19 heavy (non-hydrogen) atoms. The van der Waals surface area contributed by atoms with Gasteiger partial charge in [0.2, 0.25) is 0 Å². The van der Waals surface area contributed by atoms with Gasteiger partial charge in [-0.3, -0.25) is 5.43 Å². The van der Waals surface area contributed by atoms with E-state index in [1.807, 2.05) is 13.8 Å². The van der Waals surface area contributed by atoms with Crippen molar-refractivity contribution in [3.63, 3.8) is 0 Å². The molecule has 0 bridgehead atoms. The maximum absolute atomic E-state index is 6.01. The van der Waals surface area contributed by atoms with E-state index in [1.54, 1.807) is 19.2 Å².